The van der Waals surface area contributed by atoms with Gasteiger partial charge in [-0.3, -0.25) is 4.79 Å². The van der Waals surface area contributed by atoms with E-state index in [4.69, 9.17) is 5.73 Å². The number of nitrogens with one attached hydrogen (secondary N) is 1. The van der Waals surface area contributed by atoms with Crippen molar-refractivity contribution in [1.82, 2.24) is 4.98 Å². The van der Waals surface area contributed by atoms with Crippen molar-refractivity contribution in [2.75, 3.05) is 16.8 Å². The number of hydrogen-bond acceptors (Lipinski definition) is 4. The van der Waals surface area contributed by atoms with E-state index < -0.39 is 0 Å². The number of carbonyl (C=O) groups is 1. The van der Waals surface area contributed by atoms with Crippen LogP contribution in [0.4, 0.5) is 11.4 Å². The lowest BCUT2D eigenvalue weighted by Gasteiger charge is -2.08. The molecule has 0 bridgehead atoms. The molecule has 110 valence electrons. The number of anilines is 2. The van der Waals surface area contributed by atoms with E-state index in [1.54, 1.807) is 24.0 Å². The van der Waals surface area contributed by atoms with Gasteiger partial charge in [0, 0.05) is 34.2 Å². The SMILES string of the molecule is Cc1cc(N)ccc1NC(=O)CCSc1ccc(Br)cn1. The summed E-state index contributed by atoms with van der Waals surface area (Å²) in [6.07, 6.45) is 2.19. The topological polar surface area (TPSA) is 68.0 Å². The Hall–Kier alpha value is -1.53. The highest BCUT2D eigenvalue weighted by atomic mass is 79.9. The molecule has 1 aromatic carbocycles. The van der Waals surface area contributed by atoms with Crippen LogP contribution >= 0.6 is 27.7 Å². The molecule has 3 N–H and O–H groups in total. The van der Waals surface area contributed by atoms with Crippen LogP contribution in [0.25, 0.3) is 0 Å². The lowest BCUT2D eigenvalue weighted by Crippen LogP contribution is -2.13. The first-order valence-electron chi connectivity index (χ1n) is 6.45. The van der Waals surface area contributed by atoms with Gasteiger partial charge in [-0.2, -0.15) is 0 Å². The Morgan fingerprint density at radius 3 is 2.86 bits per heavy atom. The molecule has 1 aromatic heterocycles. The maximum Gasteiger partial charge on any atom is 0.225 e. The maximum atomic E-state index is 11.9. The van der Waals surface area contributed by atoms with Crippen LogP contribution in [0.1, 0.15) is 12.0 Å². The molecule has 0 aliphatic carbocycles. The molecule has 2 aromatic rings. The summed E-state index contributed by atoms with van der Waals surface area (Å²) < 4.78 is 0.948. The van der Waals surface area contributed by atoms with Gasteiger partial charge in [0.2, 0.25) is 5.91 Å². The molecule has 0 atom stereocenters. The van der Waals surface area contributed by atoms with E-state index in [0.717, 1.165) is 20.7 Å². The quantitative estimate of drug-likeness (QED) is 0.623. The van der Waals surface area contributed by atoms with Crippen molar-refractivity contribution in [2.45, 2.75) is 18.4 Å². The number of hydrogen-bond donors (Lipinski definition) is 2. The molecule has 0 spiro atoms. The fourth-order valence-corrected chi connectivity index (χ4v) is 2.76. The summed E-state index contributed by atoms with van der Waals surface area (Å²) in [5, 5.41) is 3.81. The number of carbonyl (C=O) groups excluding carboxylic acids is 1. The van der Waals surface area contributed by atoms with Crippen molar-refractivity contribution in [3.8, 4) is 0 Å². The molecule has 0 radical (unpaired) electrons. The van der Waals surface area contributed by atoms with Gasteiger partial charge >= 0.3 is 0 Å². The standard InChI is InChI=1S/C15H16BrN3OS/c1-10-8-12(17)3-4-13(10)19-14(20)6-7-21-15-5-2-11(16)9-18-15/h2-5,8-9H,6-7,17H2,1H3,(H,19,20). The van der Waals surface area contributed by atoms with Crippen LogP contribution in [0.15, 0.2) is 46.0 Å². The Labute approximate surface area is 136 Å². The molecule has 4 nitrogen and oxygen atoms in total. The number of nitrogens with zero attached hydrogens (tertiary/aromatic N) is 1. The molecule has 0 saturated heterocycles. The molecule has 0 saturated carbocycles. The molecule has 2 rings (SSSR count). The van der Waals surface area contributed by atoms with Crippen molar-refractivity contribution >= 4 is 45.0 Å². The highest BCUT2D eigenvalue weighted by Crippen LogP contribution is 2.20. The molecule has 0 aliphatic heterocycles. The number of nitrogens with two attached hydrogens (primary N) is 1. The van der Waals surface area contributed by atoms with Gasteiger partial charge in [0.05, 0.1) is 5.03 Å². The summed E-state index contributed by atoms with van der Waals surface area (Å²) in [5.74, 6) is 0.682. The molecule has 0 aliphatic rings. The second-order valence-corrected chi connectivity index (χ2v) is 6.57. The Kier molecular flexibility index (Phi) is 5.64. The van der Waals surface area contributed by atoms with E-state index in [0.29, 0.717) is 17.9 Å². The van der Waals surface area contributed by atoms with Crippen LogP contribution in [0.3, 0.4) is 0 Å². The third kappa shape index (κ3) is 5.06. The van der Waals surface area contributed by atoms with Gasteiger partial charge in [-0.25, -0.2) is 4.98 Å². The summed E-state index contributed by atoms with van der Waals surface area (Å²) in [7, 11) is 0. The van der Waals surface area contributed by atoms with Crippen LogP contribution in [-0.4, -0.2) is 16.6 Å². The summed E-state index contributed by atoms with van der Waals surface area (Å²) in [6, 6.07) is 9.31. The number of aryl methyl sites for hydroxylation is 1. The smallest absolute Gasteiger partial charge is 0.225 e. The van der Waals surface area contributed by atoms with E-state index in [1.165, 1.54) is 0 Å². The Balaban J connectivity index is 1.81. The third-order valence-corrected chi connectivity index (χ3v) is 4.22. The van der Waals surface area contributed by atoms with Crippen LogP contribution in [0, 0.1) is 6.92 Å². The second kappa shape index (κ2) is 7.47. The number of pyridine rings is 1. The van der Waals surface area contributed by atoms with Crippen LogP contribution in [0.2, 0.25) is 0 Å². The minimum absolute atomic E-state index is 0.00696. The molecule has 0 fully saturated rings. The van der Waals surface area contributed by atoms with E-state index in [2.05, 4.69) is 26.2 Å². The fourth-order valence-electron chi connectivity index (χ4n) is 1.74. The van der Waals surface area contributed by atoms with Gasteiger partial charge in [0.25, 0.3) is 0 Å². The van der Waals surface area contributed by atoms with Gasteiger partial charge in [0.15, 0.2) is 0 Å². The molecule has 0 unspecified atom stereocenters. The third-order valence-electron chi connectivity index (χ3n) is 2.80. The first kappa shape index (κ1) is 15.9. The van der Waals surface area contributed by atoms with E-state index in [1.807, 2.05) is 31.2 Å². The van der Waals surface area contributed by atoms with Crippen LogP contribution < -0.4 is 11.1 Å². The first-order chi connectivity index (χ1) is 10.0. The van der Waals surface area contributed by atoms with E-state index in [9.17, 15) is 4.79 Å². The van der Waals surface area contributed by atoms with Gasteiger partial charge in [0.1, 0.15) is 0 Å². The number of thioether (sulfide) groups is 1. The number of amides is 1. The summed E-state index contributed by atoms with van der Waals surface area (Å²) in [4.78, 5) is 16.2. The minimum Gasteiger partial charge on any atom is -0.399 e. The number of benzene rings is 1. The lowest BCUT2D eigenvalue weighted by molar-refractivity contribution is -0.115. The number of nitrogen functional groups attached to an aromatic ring is 1. The zero-order valence-electron chi connectivity index (χ0n) is 11.6. The van der Waals surface area contributed by atoms with Crippen molar-refractivity contribution < 1.29 is 4.79 Å². The summed E-state index contributed by atoms with van der Waals surface area (Å²) in [6.45, 7) is 1.92. The molecule has 6 heteroatoms. The Morgan fingerprint density at radius 2 is 2.19 bits per heavy atom. The number of aromatic nitrogens is 1. The predicted octanol–water partition coefficient (Wildman–Crippen LogP) is 3.86. The zero-order valence-corrected chi connectivity index (χ0v) is 14.0. The van der Waals surface area contributed by atoms with E-state index >= 15 is 0 Å². The molecule has 1 amide bonds. The number of halogens is 1. The fraction of sp³-hybridized carbons (Fsp3) is 0.200. The molecule has 21 heavy (non-hydrogen) atoms. The largest absolute Gasteiger partial charge is 0.399 e. The number of rotatable bonds is 5. The van der Waals surface area contributed by atoms with Crippen molar-refractivity contribution in [3.63, 3.8) is 0 Å². The van der Waals surface area contributed by atoms with Gasteiger partial charge < -0.3 is 11.1 Å². The van der Waals surface area contributed by atoms with Crippen LogP contribution in [-0.2, 0) is 4.79 Å². The lowest BCUT2D eigenvalue weighted by atomic mass is 10.2. The molecular formula is C15H16BrN3OS. The van der Waals surface area contributed by atoms with Gasteiger partial charge in [-0.1, -0.05) is 0 Å². The summed E-state index contributed by atoms with van der Waals surface area (Å²) in [5.41, 5.74) is 8.15. The van der Waals surface area contributed by atoms with Crippen molar-refractivity contribution in [2.24, 2.45) is 0 Å². The Bertz CT molecular complexity index is 631. The normalized spacial score (nSPS) is 10.4. The van der Waals surface area contributed by atoms with Crippen LogP contribution in [0.5, 0.6) is 0 Å². The first-order valence-corrected chi connectivity index (χ1v) is 8.23. The predicted molar refractivity (Wildman–Crippen MR) is 91.5 cm³/mol. The molecule has 1 heterocycles. The molecular weight excluding hydrogens is 350 g/mol. The Morgan fingerprint density at radius 1 is 1.38 bits per heavy atom. The van der Waals surface area contributed by atoms with E-state index in [-0.39, 0.29) is 5.91 Å². The van der Waals surface area contributed by atoms with Gasteiger partial charge in [-0.05, 0) is 58.7 Å². The highest BCUT2D eigenvalue weighted by molar-refractivity contribution is 9.10. The second-order valence-electron chi connectivity index (χ2n) is 4.54. The zero-order chi connectivity index (χ0) is 15.2. The maximum absolute atomic E-state index is 11.9. The van der Waals surface area contributed by atoms with Crippen molar-refractivity contribution in [1.29, 1.82) is 0 Å². The highest BCUT2D eigenvalue weighted by Gasteiger charge is 2.06. The monoisotopic (exact) mass is 365 g/mol. The van der Waals surface area contributed by atoms with Crippen molar-refractivity contribution in [3.05, 3.63) is 46.6 Å². The average Bonchev–Trinajstić information content (AvgIpc) is 2.44. The average molecular weight is 366 g/mol. The minimum atomic E-state index is -0.00696. The summed E-state index contributed by atoms with van der Waals surface area (Å²) >= 11 is 4.90. The van der Waals surface area contributed by atoms with Gasteiger partial charge in [-0.15, -0.1) is 11.8 Å².